The normalized spacial score (nSPS) is 11.2. The number of hydrogen-bond donors (Lipinski definition) is 0. The molecule has 0 aliphatic rings. The zero-order valence-electron chi connectivity index (χ0n) is 7.25. The third kappa shape index (κ3) is 2.72. The van der Waals surface area contributed by atoms with Gasteiger partial charge in [0.1, 0.15) is 7.11 Å². The molecule has 1 aromatic carbocycles. The van der Waals surface area contributed by atoms with E-state index in [1.807, 2.05) is 0 Å². The van der Waals surface area contributed by atoms with Gasteiger partial charge in [0, 0.05) is 15.6 Å². The number of carbonyl (C=O) groups excluding carboxylic acids is 1. The number of rotatable bonds is 3. The number of benzene rings is 1. The van der Waals surface area contributed by atoms with E-state index in [1.54, 1.807) is 24.5 Å². The predicted octanol–water partition coefficient (Wildman–Crippen LogP) is 2.45. The second-order valence-electron chi connectivity index (χ2n) is 2.38. The van der Waals surface area contributed by atoms with Crippen molar-refractivity contribution < 1.29 is 9.63 Å². The fraction of sp³-hybridized carbons (Fsp3) is 0.111. The van der Waals surface area contributed by atoms with Crippen LogP contribution >= 0.6 is 23.2 Å². The van der Waals surface area contributed by atoms with Crippen molar-refractivity contribution in [2.45, 2.75) is 0 Å². The quantitative estimate of drug-likeness (QED) is 0.591. The van der Waals surface area contributed by atoms with Crippen molar-refractivity contribution in [1.29, 1.82) is 0 Å². The molecule has 0 spiro atoms. The van der Waals surface area contributed by atoms with Gasteiger partial charge in [-0.2, -0.15) is 0 Å². The van der Waals surface area contributed by atoms with E-state index < -0.39 is 0 Å². The molecule has 0 atom stereocenters. The Labute approximate surface area is 91.3 Å². The maximum atomic E-state index is 10.5. The van der Waals surface area contributed by atoms with Crippen molar-refractivity contribution in [2.75, 3.05) is 7.11 Å². The molecule has 73 valence electrons. The van der Waals surface area contributed by atoms with E-state index in [1.165, 1.54) is 7.11 Å². The van der Waals surface area contributed by atoms with Gasteiger partial charge in [0.2, 0.25) is 0 Å². The molecular formula is C9H6Cl2NO2. The summed E-state index contributed by atoms with van der Waals surface area (Å²) in [5.74, 6) is 0. The van der Waals surface area contributed by atoms with Gasteiger partial charge in [0.05, 0.1) is 0 Å². The molecular weight excluding hydrogens is 225 g/mol. The Morgan fingerprint density at radius 2 is 1.93 bits per heavy atom. The van der Waals surface area contributed by atoms with Crippen LogP contribution in [0.2, 0.25) is 10.0 Å². The minimum Gasteiger partial charge on any atom is -0.399 e. The lowest BCUT2D eigenvalue weighted by atomic mass is 10.1. The molecule has 5 heteroatoms. The first-order valence-electron chi connectivity index (χ1n) is 3.63. The Hall–Kier alpha value is -1.06. The Kier molecular flexibility index (Phi) is 3.92. The van der Waals surface area contributed by atoms with Crippen LogP contribution in [0.4, 0.5) is 0 Å². The minimum atomic E-state index is 0.0249. The third-order valence-corrected chi connectivity index (χ3v) is 1.85. The Morgan fingerprint density at radius 3 is 2.36 bits per heavy atom. The molecule has 0 bridgehead atoms. The van der Waals surface area contributed by atoms with Crippen molar-refractivity contribution >= 4 is 35.2 Å². The molecule has 14 heavy (non-hydrogen) atoms. The lowest BCUT2D eigenvalue weighted by Crippen LogP contribution is -2.02. The molecule has 0 aromatic heterocycles. The van der Waals surface area contributed by atoms with Gasteiger partial charge < -0.3 is 4.84 Å². The van der Waals surface area contributed by atoms with Crippen molar-refractivity contribution in [1.82, 2.24) is 0 Å². The average molecular weight is 231 g/mol. The van der Waals surface area contributed by atoms with E-state index >= 15 is 0 Å². The van der Waals surface area contributed by atoms with Crippen LogP contribution < -0.4 is 0 Å². The molecule has 1 radical (unpaired) electrons. The molecule has 1 aromatic rings. The van der Waals surface area contributed by atoms with Gasteiger partial charge >= 0.3 is 0 Å². The van der Waals surface area contributed by atoms with Crippen LogP contribution in [0.1, 0.15) is 5.56 Å². The lowest BCUT2D eigenvalue weighted by Gasteiger charge is -1.99. The van der Waals surface area contributed by atoms with Gasteiger partial charge in [-0.1, -0.05) is 28.4 Å². The van der Waals surface area contributed by atoms with Crippen molar-refractivity contribution in [3.63, 3.8) is 0 Å². The van der Waals surface area contributed by atoms with Crippen LogP contribution in [-0.2, 0) is 9.63 Å². The lowest BCUT2D eigenvalue weighted by molar-refractivity contribution is 0.214. The first kappa shape index (κ1) is 11.0. The van der Waals surface area contributed by atoms with Gasteiger partial charge in [-0.25, -0.2) is 0 Å². The van der Waals surface area contributed by atoms with Gasteiger partial charge in [-0.3, -0.25) is 4.79 Å². The summed E-state index contributed by atoms with van der Waals surface area (Å²) in [6.45, 7) is 0. The predicted molar refractivity (Wildman–Crippen MR) is 55.7 cm³/mol. The molecule has 0 amide bonds. The van der Waals surface area contributed by atoms with E-state index in [-0.39, 0.29) is 5.71 Å². The maximum Gasteiger partial charge on any atom is 0.257 e. The molecule has 0 aliphatic carbocycles. The van der Waals surface area contributed by atoms with Crippen LogP contribution in [0.15, 0.2) is 23.4 Å². The van der Waals surface area contributed by atoms with Gasteiger partial charge in [-0.05, 0) is 18.2 Å². The SMILES string of the molecule is CON=C([C]=O)c1cc(Cl)cc(Cl)c1. The highest BCUT2D eigenvalue weighted by Gasteiger charge is 2.06. The van der Waals surface area contributed by atoms with Gasteiger partial charge in [0.15, 0.2) is 5.71 Å². The van der Waals surface area contributed by atoms with Crippen LogP contribution in [-0.4, -0.2) is 19.1 Å². The third-order valence-electron chi connectivity index (χ3n) is 1.42. The number of nitrogens with zero attached hydrogens (tertiary/aromatic N) is 1. The highest BCUT2D eigenvalue weighted by atomic mass is 35.5. The summed E-state index contributed by atoms with van der Waals surface area (Å²) in [7, 11) is 1.34. The molecule has 1 rings (SSSR count). The second kappa shape index (κ2) is 4.98. The number of oxime groups is 1. The van der Waals surface area contributed by atoms with E-state index in [0.717, 1.165) is 0 Å². The van der Waals surface area contributed by atoms with Gasteiger partial charge in [-0.15, -0.1) is 0 Å². The summed E-state index contributed by atoms with van der Waals surface area (Å²) in [6.07, 6.45) is 1.63. The van der Waals surface area contributed by atoms with E-state index in [9.17, 15) is 4.79 Å². The Balaban J connectivity index is 3.16. The van der Waals surface area contributed by atoms with E-state index in [4.69, 9.17) is 23.2 Å². The van der Waals surface area contributed by atoms with E-state index in [2.05, 4.69) is 9.99 Å². The molecule has 0 heterocycles. The topological polar surface area (TPSA) is 38.7 Å². The fourth-order valence-electron chi connectivity index (χ4n) is 0.912. The Bertz CT molecular complexity index is 357. The summed E-state index contributed by atoms with van der Waals surface area (Å²) >= 11 is 11.5. The summed E-state index contributed by atoms with van der Waals surface area (Å²) < 4.78 is 0. The maximum absolute atomic E-state index is 10.5. The fourth-order valence-corrected chi connectivity index (χ4v) is 1.44. The van der Waals surface area contributed by atoms with Gasteiger partial charge in [0.25, 0.3) is 6.29 Å². The smallest absolute Gasteiger partial charge is 0.257 e. The van der Waals surface area contributed by atoms with Crippen molar-refractivity contribution in [2.24, 2.45) is 5.16 Å². The van der Waals surface area contributed by atoms with E-state index in [0.29, 0.717) is 15.6 Å². The monoisotopic (exact) mass is 230 g/mol. The molecule has 0 unspecified atom stereocenters. The van der Waals surface area contributed by atoms with Crippen LogP contribution in [0.3, 0.4) is 0 Å². The number of hydrogen-bond acceptors (Lipinski definition) is 3. The van der Waals surface area contributed by atoms with Crippen molar-refractivity contribution in [3.05, 3.63) is 33.8 Å². The number of halogens is 2. The Morgan fingerprint density at radius 1 is 1.36 bits per heavy atom. The van der Waals surface area contributed by atoms with Crippen LogP contribution in [0.25, 0.3) is 0 Å². The average Bonchev–Trinajstić information content (AvgIpc) is 2.12. The second-order valence-corrected chi connectivity index (χ2v) is 3.26. The first-order chi connectivity index (χ1) is 6.67. The standard InChI is InChI=1S/C9H6Cl2NO2/c1-14-12-9(5-13)6-2-7(10)4-8(11)3-6/h2-4H,1H3. The highest BCUT2D eigenvalue weighted by Crippen LogP contribution is 2.19. The molecule has 0 fully saturated rings. The molecule has 0 saturated heterocycles. The van der Waals surface area contributed by atoms with Crippen LogP contribution in [0, 0.1) is 0 Å². The summed E-state index contributed by atoms with van der Waals surface area (Å²) in [6, 6.07) is 4.66. The molecule has 0 aliphatic heterocycles. The largest absolute Gasteiger partial charge is 0.399 e. The molecule has 3 nitrogen and oxygen atoms in total. The summed E-state index contributed by atoms with van der Waals surface area (Å²) in [5.41, 5.74) is 0.497. The summed E-state index contributed by atoms with van der Waals surface area (Å²) in [5, 5.41) is 4.32. The molecule has 0 N–H and O–H groups in total. The minimum absolute atomic E-state index is 0.0249. The zero-order valence-corrected chi connectivity index (χ0v) is 8.76. The zero-order chi connectivity index (χ0) is 10.6. The van der Waals surface area contributed by atoms with Crippen LogP contribution in [0.5, 0.6) is 0 Å². The summed E-state index contributed by atoms with van der Waals surface area (Å²) in [4.78, 5) is 15.0. The molecule has 0 saturated carbocycles. The van der Waals surface area contributed by atoms with Crippen molar-refractivity contribution in [3.8, 4) is 0 Å². The first-order valence-corrected chi connectivity index (χ1v) is 4.38. The highest BCUT2D eigenvalue weighted by molar-refractivity contribution is 6.39.